The van der Waals surface area contributed by atoms with Crippen molar-refractivity contribution < 1.29 is 27.6 Å². The summed E-state index contributed by atoms with van der Waals surface area (Å²) in [6, 6.07) is 0.649. The molecule has 0 fully saturated rings. The summed E-state index contributed by atoms with van der Waals surface area (Å²) in [5.74, 6) is -5.56. The molecule has 1 aliphatic carbocycles. The first-order valence-electron chi connectivity index (χ1n) is 7.09. The van der Waals surface area contributed by atoms with Gasteiger partial charge in [0.15, 0.2) is 17.4 Å². The Morgan fingerprint density at radius 1 is 1.08 bits per heavy atom. The molecule has 0 unspecified atom stereocenters. The van der Waals surface area contributed by atoms with E-state index in [1.54, 1.807) is 6.92 Å². The van der Waals surface area contributed by atoms with Gasteiger partial charge < -0.3 is 4.84 Å². The standard InChI is InChI=1S/C17H14F3NO3/c1-8(2)10-6-15(9(3)4-16(10)22)21-24-17(23)11-5-13(19)14(20)7-12(11)18/h4-8H,1-3H3/b21-15+. The summed E-state index contributed by atoms with van der Waals surface area (Å²) in [5, 5.41) is 3.59. The largest absolute Gasteiger partial charge is 0.368 e. The van der Waals surface area contributed by atoms with Crippen molar-refractivity contribution in [3.8, 4) is 0 Å². The number of rotatable bonds is 3. The second kappa shape index (κ2) is 6.82. The minimum absolute atomic E-state index is 0.0635. The highest BCUT2D eigenvalue weighted by atomic mass is 19.2. The van der Waals surface area contributed by atoms with Gasteiger partial charge in [-0.05, 0) is 36.6 Å². The number of carbonyl (C=O) groups is 2. The Bertz CT molecular complexity index is 808. The molecule has 0 saturated heterocycles. The molecule has 0 atom stereocenters. The molecular formula is C17H14F3NO3. The number of hydrogen-bond donors (Lipinski definition) is 0. The van der Waals surface area contributed by atoms with Crippen LogP contribution in [0.5, 0.6) is 0 Å². The summed E-state index contributed by atoms with van der Waals surface area (Å²) >= 11 is 0. The van der Waals surface area contributed by atoms with Gasteiger partial charge in [-0.15, -0.1) is 0 Å². The maximum Gasteiger partial charge on any atom is 0.368 e. The first-order valence-corrected chi connectivity index (χ1v) is 7.09. The Hall–Kier alpha value is -2.70. The lowest BCUT2D eigenvalue weighted by Gasteiger charge is -2.14. The molecule has 7 heteroatoms. The molecule has 24 heavy (non-hydrogen) atoms. The number of oxime groups is 1. The van der Waals surface area contributed by atoms with Crippen molar-refractivity contribution in [2.45, 2.75) is 20.8 Å². The molecule has 0 amide bonds. The second-order valence-electron chi connectivity index (χ2n) is 5.55. The highest BCUT2D eigenvalue weighted by Crippen LogP contribution is 2.20. The molecule has 0 aromatic heterocycles. The zero-order valence-electron chi connectivity index (χ0n) is 13.2. The number of nitrogens with zero attached hydrogens (tertiary/aromatic N) is 1. The summed E-state index contributed by atoms with van der Waals surface area (Å²) < 4.78 is 39.5. The molecule has 1 aromatic carbocycles. The molecule has 4 nitrogen and oxygen atoms in total. The molecule has 0 radical (unpaired) electrons. The first kappa shape index (κ1) is 17.7. The predicted octanol–water partition coefficient (Wildman–Crippen LogP) is 3.73. The van der Waals surface area contributed by atoms with Gasteiger partial charge in [0.1, 0.15) is 17.1 Å². The van der Waals surface area contributed by atoms with Crippen LogP contribution in [-0.2, 0) is 9.63 Å². The van der Waals surface area contributed by atoms with Crippen molar-refractivity contribution in [2.24, 2.45) is 11.1 Å². The van der Waals surface area contributed by atoms with Gasteiger partial charge in [0.05, 0.1) is 0 Å². The van der Waals surface area contributed by atoms with Gasteiger partial charge in [-0.25, -0.2) is 18.0 Å². The van der Waals surface area contributed by atoms with Crippen LogP contribution in [0.4, 0.5) is 13.2 Å². The van der Waals surface area contributed by atoms with Crippen LogP contribution in [0.3, 0.4) is 0 Å². The number of ketones is 1. The molecule has 0 saturated carbocycles. The van der Waals surface area contributed by atoms with Crippen LogP contribution in [0.25, 0.3) is 0 Å². The molecule has 1 aliphatic rings. The fourth-order valence-electron chi connectivity index (χ4n) is 2.05. The van der Waals surface area contributed by atoms with Crippen molar-refractivity contribution in [1.29, 1.82) is 0 Å². The van der Waals surface area contributed by atoms with Gasteiger partial charge in [-0.1, -0.05) is 19.0 Å². The lowest BCUT2D eigenvalue weighted by atomic mass is 9.90. The van der Waals surface area contributed by atoms with Gasteiger partial charge in [-0.3, -0.25) is 4.79 Å². The molecule has 2 rings (SSSR count). The number of hydrogen-bond acceptors (Lipinski definition) is 4. The van der Waals surface area contributed by atoms with Crippen LogP contribution < -0.4 is 0 Å². The Kier molecular flexibility index (Phi) is 5.02. The lowest BCUT2D eigenvalue weighted by molar-refractivity contribution is -0.111. The normalized spacial score (nSPS) is 16.3. The first-order chi connectivity index (χ1) is 11.2. The van der Waals surface area contributed by atoms with E-state index in [0.717, 1.165) is 0 Å². The van der Waals surface area contributed by atoms with E-state index in [1.165, 1.54) is 12.2 Å². The van der Waals surface area contributed by atoms with Crippen molar-refractivity contribution in [3.63, 3.8) is 0 Å². The Morgan fingerprint density at radius 2 is 1.71 bits per heavy atom. The van der Waals surface area contributed by atoms with Gasteiger partial charge in [-0.2, -0.15) is 0 Å². The van der Waals surface area contributed by atoms with Crippen LogP contribution in [0.15, 0.2) is 40.6 Å². The number of carbonyl (C=O) groups excluding carboxylic acids is 2. The molecule has 0 bridgehead atoms. The van der Waals surface area contributed by atoms with Gasteiger partial charge >= 0.3 is 5.97 Å². The molecule has 0 spiro atoms. The zero-order valence-corrected chi connectivity index (χ0v) is 13.2. The second-order valence-corrected chi connectivity index (χ2v) is 5.55. The summed E-state index contributed by atoms with van der Waals surface area (Å²) in [5.41, 5.74) is 0.381. The lowest BCUT2D eigenvalue weighted by Crippen LogP contribution is -2.16. The van der Waals surface area contributed by atoms with Gasteiger partial charge in [0.25, 0.3) is 0 Å². The van der Waals surface area contributed by atoms with E-state index in [1.807, 2.05) is 13.8 Å². The third kappa shape index (κ3) is 3.61. The molecule has 0 aliphatic heterocycles. The van der Waals surface area contributed by atoms with E-state index < -0.39 is 29.0 Å². The highest BCUT2D eigenvalue weighted by molar-refractivity contribution is 6.21. The van der Waals surface area contributed by atoms with E-state index in [0.29, 0.717) is 17.2 Å². The molecule has 1 aromatic rings. The van der Waals surface area contributed by atoms with E-state index >= 15 is 0 Å². The average Bonchev–Trinajstić information content (AvgIpc) is 2.49. The molecule has 0 N–H and O–H groups in total. The minimum atomic E-state index is -1.41. The maximum absolute atomic E-state index is 13.5. The van der Waals surface area contributed by atoms with E-state index in [-0.39, 0.29) is 23.5 Å². The number of halogens is 3. The van der Waals surface area contributed by atoms with Crippen LogP contribution in [0.1, 0.15) is 31.1 Å². The van der Waals surface area contributed by atoms with E-state index in [9.17, 15) is 22.8 Å². The smallest absolute Gasteiger partial charge is 0.312 e. The van der Waals surface area contributed by atoms with Crippen molar-refractivity contribution in [3.05, 3.63) is 58.4 Å². The van der Waals surface area contributed by atoms with Gasteiger partial charge in [0.2, 0.25) is 0 Å². The third-order valence-electron chi connectivity index (χ3n) is 3.41. The summed E-state index contributed by atoms with van der Waals surface area (Å²) in [6.07, 6.45) is 2.82. The molecular weight excluding hydrogens is 323 g/mol. The summed E-state index contributed by atoms with van der Waals surface area (Å²) in [4.78, 5) is 28.2. The predicted molar refractivity (Wildman–Crippen MR) is 80.9 cm³/mol. The Balaban J connectivity index is 2.27. The SMILES string of the molecule is CC1=CC(=O)C(C(C)C)=C/C1=N\OC(=O)c1cc(F)c(F)cc1F. The van der Waals surface area contributed by atoms with Gasteiger partial charge in [0, 0.05) is 11.6 Å². The third-order valence-corrected chi connectivity index (χ3v) is 3.41. The van der Waals surface area contributed by atoms with Crippen molar-refractivity contribution in [1.82, 2.24) is 0 Å². The Morgan fingerprint density at radius 3 is 2.33 bits per heavy atom. The quantitative estimate of drug-likeness (QED) is 0.365. The highest BCUT2D eigenvalue weighted by Gasteiger charge is 2.21. The van der Waals surface area contributed by atoms with Crippen LogP contribution in [-0.4, -0.2) is 17.5 Å². The average molecular weight is 337 g/mol. The molecule has 126 valence electrons. The number of allylic oxidation sites excluding steroid dienone is 4. The van der Waals surface area contributed by atoms with Crippen LogP contribution in [0, 0.1) is 23.4 Å². The summed E-state index contributed by atoms with van der Waals surface area (Å²) in [7, 11) is 0. The van der Waals surface area contributed by atoms with E-state index in [4.69, 9.17) is 0 Å². The fourth-order valence-corrected chi connectivity index (χ4v) is 2.05. The van der Waals surface area contributed by atoms with E-state index in [2.05, 4.69) is 9.99 Å². The Labute approximate surface area is 136 Å². The zero-order chi connectivity index (χ0) is 18.0. The molecule has 0 heterocycles. The van der Waals surface area contributed by atoms with Crippen LogP contribution >= 0.6 is 0 Å². The topological polar surface area (TPSA) is 55.7 Å². The minimum Gasteiger partial charge on any atom is -0.312 e. The summed E-state index contributed by atoms with van der Waals surface area (Å²) in [6.45, 7) is 5.23. The monoisotopic (exact) mass is 337 g/mol. The fraction of sp³-hybridized carbons (Fsp3) is 0.235. The van der Waals surface area contributed by atoms with Crippen molar-refractivity contribution >= 4 is 17.5 Å². The van der Waals surface area contributed by atoms with Crippen LogP contribution in [0.2, 0.25) is 0 Å². The number of benzene rings is 1. The van der Waals surface area contributed by atoms with Crippen molar-refractivity contribution in [2.75, 3.05) is 0 Å². The maximum atomic E-state index is 13.5.